The molecule has 0 aliphatic rings. The van der Waals surface area contributed by atoms with Crippen molar-refractivity contribution < 1.29 is 0 Å². The summed E-state index contributed by atoms with van der Waals surface area (Å²) < 4.78 is 0. The van der Waals surface area contributed by atoms with Crippen LogP contribution in [0.25, 0.3) is 0 Å². The lowest BCUT2D eigenvalue weighted by Gasteiger charge is -2.17. The first-order chi connectivity index (χ1) is 9.78. The van der Waals surface area contributed by atoms with E-state index in [1.165, 1.54) is 16.9 Å². The van der Waals surface area contributed by atoms with E-state index < -0.39 is 0 Å². The fourth-order valence-electron chi connectivity index (χ4n) is 2.37. The quantitative estimate of drug-likeness (QED) is 0.691. The average molecular weight is 308 g/mol. The van der Waals surface area contributed by atoms with Gasteiger partial charge in [0.1, 0.15) is 0 Å². The molecule has 1 aromatic carbocycles. The molecule has 0 amide bonds. The highest BCUT2D eigenvalue weighted by molar-refractivity contribution is 7.09. The van der Waals surface area contributed by atoms with Crippen LogP contribution in [0.5, 0.6) is 0 Å². The summed E-state index contributed by atoms with van der Waals surface area (Å²) in [6.45, 7) is 4.39. The highest BCUT2D eigenvalue weighted by Crippen LogP contribution is 2.19. The molecule has 108 valence electrons. The Kier molecular flexibility index (Phi) is 6.58. The summed E-state index contributed by atoms with van der Waals surface area (Å²) in [7, 11) is 0. The van der Waals surface area contributed by atoms with Gasteiger partial charge in [-0.25, -0.2) is 0 Å². The summed E-state index contributed by atoms with van der Waals surface area (Å²) in [5.41, 5.74) is 1.37. The largest absolute Gasteiger partial charge is 0.316 e. The third-order valence-corrected chi connectivity index (χ3v) is 4.52. The zero-order chi connectivity index (χ0) is 14.2. The number of hydrogen-bond donors (Lipinski definition) is 1. The van der Waals surface area contributed by atoms with Crippen LogP contribution in [-0.2, 0) is 12.8 Å². The lowest BCUT2D eigenvalue weighted by molar-refractivity contribution is 0.473. The van der Waals surface area contributed by atoms with Crippen LogP contribution in [0.3, 0.4) is 0 Å². The Balaban J connectivity index is 1.95. The maximum atomic E-state index is 5.96. The van der Waals surface area contributed by atoms with Gasteiger partial charge in [-0.05, 0) is 67.4 Å². The molecule has 0 bridgehead atoms. The Bertz CT molecular complexity index is 478. The second kappa shape index (κ2) is 8.46. The average Bonchev–Trinajstić information content (AvgIpc) is 2.94. The van der Waals surface area contributed by atoms with Crippen LogP contribution in [0.2, 0.25) is 5.02 Å². The van der Waals surface area contributed by atoms with E-state index in [4.69, 9.17) is 11.6 Å². The van der Waals surface area contributed by atoms with Gasteiger partial charge >= 0.3 is 0 Å². The third kappa shape index (κ3) is 5.28. The van der Waals surface area contributed by atoms with Crippen LogP contribution in [-0.4, -0.2) is 13.1 Å². The van der Waals surface area contributed by atoms with Crippen molar-refractivity contribution in [1.29, 1.82) is 0 Å². The molecule has 20 heavy (non-hydrogen) atoms. The second-order valence-corrected chi connectivity index (χ2v) is 6.65. The molecule has 2 rings (SSSR count). The molecule has 0 spiro atoms. The van der Waals surface area contributed by atoms with Gasteiger partial charge in [0.05, 0.1) is 0 Å². The molecule has 0 aliphatic carbocycles. The Morgan fingerprint density at radius 2 is 1.95 bits per heavy atom. The number of benzene rings is 1. The van der Waals surface area contributed by atoms with Crippen LogP contribution in [0.1, 0.15) is 23.8 Å². The Hall–Kier alpha value is -0.830. The molecule has 2 aromatic rings. The SMILES string of the molecule is CCCNCC(Cc1ccc(Cl)cc1)Cc1cccs1. The molecule has 1 nitrogen and oxygen atoms in total. The summed E-state index contributed by atoms with van der Waals surface area (Å²) in [6, 6.07) is 12.6. The molecule has 0 aliphatic heterocycles. The van der Waals surface area contributed by atoms with Crippen molar-refractivity contribution in [2.45, 2.75) is 26.2 Å². The molecule has 0 saturated carbocycles. The molecule has 1 heterocycles. The van der Waals surface area contributed by atoms with Gasteiger partial charge in [-0.15, -0.1) is 11.3 Å². The van der Waals surface area contributed by atoms with Crippen molar-refractivity contribution >= 4 is 22.9 Å². The van der Waals surface area contributed by atoms with Crippen molar-refractivity contribution in [3.05, 3.63) is 57.2 Å². The van der Waals surface area contributed by atoms with E-state index in [0.717, 1.165) is 31.0 Å². The number of nitrogens with one attached hydrogen (secondary N) is 1. The predicted molar refractivity (Wildman–Crippen MR) is 89.8 cm³/mol. The maximum absolute atomic E-state index is 5.96. The number of hydrogen-bond acceptors (Lipinski definition) is 2. The zero-order valence-corrected chi connectivity index (χ0v) is 13.5. The summed E-state index contributed by atoms with van der Waals surface area (Å²) in [4.78, 5) is 1.47. The van der Waals surface area contributed by atoms with Crippen LogP contribution in [0.4, 0.5) is 0 Å². The molecule has 0 fully saturated rings. The molecule has 0 radical (unpaired) electrons. The summed E-state index contributed by atoms with van der Waals surface area (Å²) >= 11 is 7.81. The van der Waals surface area contributed by atoms with Crippen LogP contribution in [0.15, 0.2) is 41.8 Å². The maximum Gasteiger partial charge on any atom is 0.0406 e. The van der Waals surface area contributed by atoms with Crippen LogP contribution in [0, 0.1) is 5.92 Å². The zero-order valence-electron chi connectivity index (χ0n) is 11.9. The number of rotatable bonds is 8. The highest BCUT2D eigenvalue weighted by atomic mass is 35.5. The molecule has 1 atom stereocenters. The van der Waals surface area contributed by atoms with E-state index in [1.807, 2.05) is 23.5 Å². The van der Waals surface area contributed by atoms with E-state index >= 15 is 0 Å². The van der Waals surface area contributed by atoms with Crippen molar-refractivity contribution in [2.24, 2.45) is 5.92 Å². The Labute approximate surface area is 131 Å². The van der Waals surface area contributed by atoms with E-state index in [-0.39, 0.29) is 0 Å². The van der Waals surface area contributed by atoms with Gasteiger partial charge in [-0.2, -0.15) is 0 Å². The lowest BCUT2D eigenvalue weighted by Crippen LogP contribution is -2.26. The van der Waals surface area contributed by atoms with Crippen molar-refractivity contribution in [1.82, 2.24) is 5.32 Å². The first-order valence-corrected chi connectivity index (χ1v) is 8.51. The van der Waals surface area contributed by atoms with E-state index in [1.54, 1.807) is 0 Å². The van der Waals surface area contributed by atoms with Gasteiger partial charge in [0.25, 0.3) is 0 Å². The van der Waals surface area contributed by atoms with Crippen LogP contribution < -0.4 is 5.32 Å². The van der Waals surface area contributed by atoms with E-state index in [0.29, 0.717) is 5.92 Å². The monoisotopic (exact) mass is 307 g/mol. The fraction of sp³-hybridized carbons (Fsp3) is 0.412. The minimum atomic E-state index is 0.640. The van der Waals surface area contributed by atoms with Crippen molar-refractivity contribution in [3.8, 4) is 0 Å². The molecule has 1 aromatic heterocycles. The van der Waals surface area contributed by atoms with Gasteiger partial charge < -0.3 is 5.32 Å². The van der Waals surface area contributed by atoms with Crippen molar-refractivity contribution in [3.63, 3.8) is 0 Å². The van der Waals surface area contributed by atoms with Gasteiger partial charge in [0, 0.05) is 9.90 Å². The van der Waals surface area contributed by atoms with Gasteiger partial charge in [-0.3, -0.25) is 0 Å². The normalized spacial score (nSPS) is 12.5. The van der Waals surface area contributed by atoms with Gasteiger partial charge in [0.2, 0.25) is 0 Å². The minimum Gasteiger partial charge on any atom is -0.316 e. The molecule has 1 unspecified atom stereocenters. The fourth-order valence-corrected chi connectivity index (χ4v) is 3.31. The standard InChI is InChI=1S/C17H22ClNS/c1-2-9-19-13-15(12-17-4-3-10-20-17)11-14-5-7-16(18)8-6-14/h3-8,10,15,19H,2,9,11-13H2,1H3. The minimum absolute atomic E-state index is 0.640. The topological polar surface area (TPSA) is 12.0 Å². The molecular formula is C17H22ClNS. The lowest BCUT2D eigenvalue weighted by atomic mass is 9.95. The molecule has 1 N–H and O–H groups in total. The van der Waals surface area contributed by atoms with Gasteiger partial charge in [0.15, 0.2) is 0 Å². The summed E-state index contributed by atoms with van der Waals surface area (Å²) in [5.74, 6) is 0.640. The van der Waals surface area contributed by atoms with Crippen LogP contribution >= 0.6 is 22.9 Å². The molecule has 0 saturated heterocycles. The highest BCUT2D eigenvalue weighted by Gasteiger charge is 2.11. The van der Waals surface area contributed by atoms with E-state index in [2.05, 4.69) is 41.9 Å². The predicted octanol–water partition coefficient (Wildman–Crippen LogP) is 4.80. The number of thiophene rings is 1. The Morgan fingerprint density at radius 1 is 1.15 bits per heavy atom. The first kappa shape index (κ1) is 15.6. The summed E-state index contributed by atoms with van der Waals surface area (Å²) in [6.07, 6.45) is 3.44. The second-order valence-electron chi connectivity index (χ2n) is 5.18. The summed E-state index contributed by atoms with van der Waals surface area (Å²) in [5, 5.41) is 6.53. The van der Waals surface area contributed by atoms with Gasteiger partial charge in [-0.1, -0.05) is 36.7 Å². The molecule has 3 heteroatoms. The molecular weight excluding hydrogens is 286 g/mol. The first-order valence-electron chi connectivity index (χ1n) is 7.25. The van der Waals surface area contributed by atoms with E-state index in [9.17, 15) is 0 Å². The van der Waals surface area contributed by atoms with Crippen molar-refractivity contribution in [2.75, 3.05) is 13.1 Å². The smallest absolute Gasteiger partial charge is 0.0406 e. The number of halogens is 1. The Morgan fingerprint density at radius 3 is 2.60 bits per heavy atom. The third-order valence-electron chi connectivity index (χ3n) is 3.37.